The Morgan fingerprint density at radius 1 is 1.09 bits per heavy atom. The van der Waals surface area contributed by atoms with E-state index in [2.05, 4.69) is 10.3 Å². The minimum Gasteiger partial charge on any atom is -0.346 e. The second-order valence-electron chi connectivity index (χ2n) is 9.66. The van der Waals surface area contributed by atoms with Gasteiger partial charge in [-0.2, -0.15) is 0 Å². The van der Waals surface area contributed by atoms with Gasteiger partial charge in [-0.1, -0.05) is 36.2 Å². The first-order valence-electron chi connectivity index (χ1n) is 11.7. The zero-order chi connectivity index (χ0) is 23.2. The van der Waals surface area contributed by atoms with Gasteiger partial charge in [0.1, 0.15) is 5.82 Å². The normalized spacial score (nSPS) is 22.7. The van der Waals surface area contributed by atoms with Crippen LogP contribution in [0.1, 0.15) is 62.5 Å². The molecule has 3 nitrogen and oxygen atoms in total. The van der Waals surface area contributed by atoms with Gasteiger partial charge in [0.05, 0.1) is 11.1 Å². The van der Waals surface area contributed by atoms with E-state index in [1.54, 1.807) is 18.2 Å². The van der Waals surface area contributed by atoms with Crippen molar-refractivity contribution in [3.05, 3.63) is 75.7 Å². The molecule has 0 bridgehead atoms. The van der Waals surface area contributed by atoms with E-state index in [-0.39, 0.29) is 23.2 Å². The Morgan fingerprint density at radius 3 is 2.55 bits per heavy atom. The molecule has 2 aliphatic rings. The van der Waals surface area contributed by atoms with E-state index in [9.17, 15) is 9.18 Å². The summed E-state index contributed by atoms with van der Waals surface area (Å²) in [6.45, 7) is 2.04. The first-order valence-corrected chi connectivity index (χ1v) is 12.4. The fraction of sp³-hybridized carbons (Fsp3) is 0.407. The maximum Gasteiger partial charge on any atom is 0.223 e. The average Bonchev–Trinajstić information content (AvgIpc) is 3.58. The lowest BCUT2D eigenvalue weighted by Crippen LogP contribution is -2.41. The highest BCUT2D eigenvalue weighted by Gasteiger charge is 2.48. The van der Waals surface area contributed by atoms with Gasteiger partial charge in [-0.05, 0) is 97.9 Å². The number of nitrogens with zero attached hydrogens (tertiary/aromatic N) is 1. The van der Waals surface area contributed by atoms with Gasteiger partial charge in [-0.3, -0.25) is 9.78 Å². The van der Waals surface area contributed by atoms with Gasteiger partial charge in [0.15, 0.2) is 0 Å². The molecule has 5 rings (SSSR count). The SMILES string of the molecule is C[C@@H](C(=O)NC1(c2ccc(Cl)cc2Cl)CC1)C1CCC(c2ccnc3ccc(F)cc23)CC1. The van der Waals surface area contributed by atoms with Gasteiger partial charge in [0.2, 0.25) is 5.91 Å². The number of hydrogen-bond donors (Lipinski definition) is 1. The predicted molar refractivity (Wildman–Crippen MR) is 131 cm³/mol. The number of amides is 1. The van der Waals surface area contributed by atoms with Crippen molar-refractivity contribution in [2.24, 2.45) is 11.8 Å². The van der Waals surface area contributed by atoms with E-state index < -0.39 is 0 Å². The summed E-state index contributed by atoms with van der Waals surface area (Å²) >= 11 is 12.5. The highest BCUT2D eigenvalue weighted by molar-refractivity contribution is 6.35. The van der Waals surface area contributed by atoms with E-state index in [0.29, 0.717) is 21.9 Å². The molecule has 1 atom stereocenters. The number of hydrogen-bond acceptors (Lipinski definition) is 2. The molecule has 2 saturated carbocycles. The molecule has 1 aromatic heterocycles. The average molecular weight is 485 g/mol. The van der Waals surface area contributed by atoms with Crippen molar-refractivity contribution in [3.8, 4) is 0 Å². The largest absolute Gasteiger partial charge is 0.346 e. The van der Waals surface area contributed by atoms with Crippen LogP contribution in [0.5, 0.6) is 0 Å². The van der Waals surface area contributed by atoms with Crippen molar-refractivity contribution >= 4 is 40.0 Å². The highest BCUT2D eigenvalue weighted by atomic mass is 35.5. The molecule has 1 amide bonds. The van der Waals surface area contributed by atoms with Crippen molar-refractivity contribution in [2.75, 3.05) is 0 Å². The molecule has 3 aromatic rings. The summed E-state index contributed by atoms with van der Waals surface area (Å²) < 4.78 is 13.9. The van der Waals surface area contributed by atoms with E-state index >= 15 is 0 Å². The first-order chi connectivity index (χ1) is 15.9. The summed E-state index contributed by atoms with van der Waals surface area (Å²) in [6.07, 6.45) is 7.55. The van der Waals surface area contributed by atoms with E-state index in [0.717, 1.165) is 55.0 Å². The van der Waals surface area contributed by atoms with Gasteiger partial charge >= 0.3 is 0 Å². The van der Waals surface area contributed by atoms with Crippen molar-refractivity contribution in [3.63, 3.8) is 0 Å². The Balaban J connectivity index is 1.24. The van der Waals surface area contributed by atoms with Crippen LogP contribution in [0.3, 0.4) is 0 Å². The van der Waals surface area contributed by atoms with Gasteiger partial charge in [0.25, 0.3) is 0 Å². The Morgan fingerprint density at radius 2 is 1.85 bits per heavy atom. The minimum absolute atomic E-state index is 0.0684. The Bertz CT molecular complexity index is 1200. The third-order valence-corrected chi connectivity index (χ3v) is 8.18. The van der Waals surface area contributed by atoms with E-state index in [4.69, 9.17) is 23.2 Å². The Hall–Kier alpha value is -2.17. The summed E-state index contributed by atoms with van der Waals surface area (Å²) in [5.41, 5.74) is 2.60. The maximum atomic E-state index is 13.9. The van der Waals surface area contributed by atoms with Crippen LogP contribution in [0.25, 0.3) is 10.9 Å². The Kier molecular flexibility index (Phi) is 6.09. The third kappa shape index (κ3) is 4.48. The second kappa shape index (κ2) is 8.88. The van der Waals surface area contributed by atoms with Crippen molar-refractivity contribution in [1.82, 2.24) is 10.3 Å². The van der Waals surface area contributed by atoms with Crippen LogP contribution in [0.2, 0.25) is 10.0 Å². The number of fused-ring (bicyclic) bond motifs is 1. The van der Waals surface area contributed by atoms with Gasteiger partial charge in [-0.15, -0.1) is 0 Å². The number of nitrogens with one attached hydrogen (secondary N) is 1. The number of aromatic nitrogens is 1. The van der Waals surface area contributed by atoms with Crippen molar-refractivity contribution < 1.29 is 9.18 Å². The highest BCUT2D eigenvalue weighted by Crippen LogP contribution is 2.49. The molecular formula is C27H27Cl2FN2O. The third-order valence-electron chi connectivity index (χ3n) is 7.63. The fourth-order valence-corrected chi connectivity index (χ4v) is 6.04. The lowest BCUT2D eigenvalue weighted by Gasteiger charge is -2.33. The van der Waals surface area contributed by atoms with Crippen LogP contribution in [-0.4, -0.2) is 10.9 Å². The molecule has 0 unspecified atom stereocenters. The number of carbonyl (C=O) groups is 1. The zero-order valence-electron chi connectivity index (χ0n) is 18.6. The molecule has 2 aliphatic carbocycles. The molecule has 33 heavy (non-hydrogen) atoms. The zero-order valence-corrected chi connectivity index (χ0v) is 20.1. The maximum absolute atomic E-state index is 13.9. The monoisotopic (exact) mass is 484 g/mol. The smallest absolute Gasteiger partial charge is 0.223 e. The molecule has 2 aromatic carbocycles. The van der Waals surface area contributed by atoms with Crippen molar-refractivity contribution in [2.45, 2.75) is 56.9 Å². The molecule has 0 aliphatic heterocycles. The molecule has 0 spiro atoms. The number of pyridine rings is 1. The molecule has 1 heterocycles. The summed E-state index contributed by atoms with van der Waals surface area (Å²) in [4.78, 5) is 17.6. The van der Waals surface area contributed by atoms with Gasteiger partial charge in [-0.25, -0.2) is 4.39 Å². The molecule has 6 heteroatoms. The van der Waals surface area contributed by atoms with E-state index in [1.165, 1.54) is 11.6 Å². The summed E-state index contributed by atoms with van der Waals surface area (Å²) in [5, 5.41) is 5.41. The molecule has 1 N–H and O–H groups in total. The molecule has 172 valence electrons. The number of halogens is 3. The standard InChI is InChI=1S/C27H27Cl2FN2O/c1-16(26(33)32-27(11-12-27)23-8-6-19(28)14-24(23)29)17-2-4-18(5-3-17)21-10-13-31-25-9-7-20(30)15-22(21)25/h6-10,13-18H,2-5,11-12H2,1H3,(H,32,33)/t16-,17?,18?/m1/s1. The lowest BCUT2D eigenvalue weighted by atomic mass is 9.73. The number of benzene rings is 2. The molecule has 2 fully saturated rings. The quantitative estimate of drug-likeness (QED) is 0.409. The summed E-state index contributed by atoms with van der Waals surface area (Å²) in [7, 11) is 0. The number of carbonyl (C=O) groups excluding carboxylic acids is 1. The second-order valence-corrected chi connectivity index (χ2v) is 10.5. The number of rotatable bonds is 5. The first kappa shape index (κ1) is 22.6. The summed E-state index contributed by atoms with van der Waals surface area (Å²) in [5.74, 6) is 0.499. The molecule has 0 radical (unpaired) electrons. The lowest BCUT2D eigenvalue weighted by molar-refractivity contribution is -0.127. The molecular weight excluding hydrogens is 458 g/mol. The van der Waals surface area contributed by atoms with Gasteiger partial charge in [0, 0.05) is 27.5 Å². The minimum atomic E-state index is -0.357. The van der Waals surface area contributed by atoms with Crippen LogP contribution in [0, 0.1) is 17.7 Å². The molecule has 0 saturated heterocycles. The van der Waals surface area contributed by atoms with Crippen LogP contribution in [0.15, 0.2) is 48.7 Å². The fourth-order valence-electron chi connectivity index (χ4n) is 5.45. The predicted octanol–water partition coefficient (Wildman–Crippen LogP) is 7.40. The van der Waals surface area contributed by atoms with Crippen LogP contribution < -0.4 is 5.32 Å². The van der Waals surface area contributed by atoms with Crippen LogP contribution in [-0.2, 0) is 10.3 Å². The summed E-state index contributed by atoms with van der Waals surface area (Å²) in [6, 6.07) is 12.3. The topological polar surface area (TPSA) is 42.0 Å². The van der Waals surface area contributed by atoms with E-state index in [1.807, 2.05) is 31.3 Å². The van der Waals surface area contributed by atoms with Crippen LogP contribution >= 0.6 is 23.2 Å². The van der Waals surface area contributed by atoms with Crippen molar-refractivity contribution in [1.29, 1.82) is 0 Å². The van der Waals surface area contributed by atoms with Crippen LogP contribution in [0.4, 0.5) is 4.39 Å². The van der Waals surface area contributed by atoms with Gasteiger partial charge < -0.3 is 5.32 Å². The Labute approximate surface area is 203 Å².